The Morgan fingerprint density at radius 2 is 2.07 bits per heavy atom. The highest BCUT2D eigenvalue weighted by Gasteiger charge is 2.24. The normalized spacial score (nSPS) is 14.6. The van der Waals surface area contributed by atoms with Gasteiger partial charge in [-0.3, -0.25) is 9.78 Å². The van der Waals surface area contributed by atoms with E-state index < -0.39 is 18.1 Å². The Balaban J connectivity index is 2.96. The van der Waals surface area contributed by atoms with E-state index >= 15 is 0 Å². The summed E-state index contributed by atoms with van der Waals surface area (Å²) in [5.41, 5.74) is 11.5. The van der Waals surface area contributed by atoms with Gasteiger partial charge in [-0.25, -0.2) is 0 Å². The van der Waals surface area contributed by atoms with E-state index in [1.165, 1.54) is 12.1 Å². The standard InChI is InChI=1S/C9H13N3O3/c1-4-5(10)2-3-6(12-4)7(13)8(14)9(11)15/h2-3,7-8,13-14H,10H2,1H3,(H2,11,15). The number of nitrogens with zero attached hydrogens (tertiary/aromatic N) is 1. The molecule has 2 unspecified atom stereocenters. The minimum absolute atomic E-state index is 0.160. The smallest absolute Gasteiger partial charge is 0.249 e. The fraction of sp³-hybridized carbons (Fsp3) is 0.333. The Bertz CT molecular complexity index is 381. The third-order valence-corrected chi connectivity index (χ3v) is 2.04. The molecule has 0 fully saturated rings. The van der Waals surface area contributed by atoms with Gasteiger partial charge in [-0.1, -0.05) is 0 Å². The van der Waals surface area contributed by atoms with Crippen molar-refractivity contribution in [3.05, 3.63) is 23.5 Å². The summed E-state index contributed by atoms with van der Waals surface area (Å²) in [5, 5.41) is 18.7. The van der Waals surface area contributed by atoms with Crippen LogP contribution >= 0.6 is 0 Å². The number of amides is 1. The Morgan fingerprint density at radius 1 is 1.47 bits per heavy atom. The molecule has 6 N–H and O–H groups in total. The van der Waals surface area contributed by atoms with E-state index in [0.29, 0.717) is 11.4 Å². The molecule has 0 spiro atoms. The Labute approximate surface area is 86.5 Å². The molecular formula is C9H13N3O3. The Kier molecular flexibility index (Phi) is 3.23. The molecule has 6 heteroatoms. The molecule has 1 aromatic heterocycles. The number of nitrogen functional groups attached to an aromatic ring is 1. The quantitative estimate of drug-likeness (QED) is 0.503. The highest BCUT2D eigenvalue weighted by atomic mass is 16.3. The molecule has 15 heavy (non-hydrogen) atoms. The molecule has 1 heterocycles. The molecule has 0 bridgehead atoms. The van der Waals surface area contributed by atoms with Crippen LogP contribution in [0.25, 0.3) is 0 Å². The van der Waals surface area contributed by atoms with Gasteiger partial charge in [0, 0.05) is 0 Å². The number of primary amides is 1. The summed E-state index contributed by atoms with van der Waals surface area (Å²) in [6, 6.07) is 2.97. The molecule has 0 aliphatic rings. The molecule has 6 nitrogen and oxygen atoms in total. The molecule has 2 atom stereocenters. The second-order valence-electron chi connectivity index (χ2n) is 3.20. The van der Waals surface area contributed by atoms with Crippen molar-refractivity contribution in [2.45, 2.75) is 19.1 Å². The van der Waals surface area contributed by atoms with Crippen LogP contribution in [0.4, 0.5) is 5.69 Å². The molecule has 82 valence electrons. The zero-order chi connectivity index (χ0) is 11.6. The molecular weight excluding hydrogens is 198 g/mol. The third kappa shape index (κ3) is 2.42. The lowest BCUT2D eigenvalue weighted by atomic mass is 10.1. The van der Waals surface area contributed by atoms with Crippen LogP contribution in [0, 0.1) is 6.92 Å². The number of carbonyl (C=O) groups is 1. The molecule has 0 saturated heterocycles. The second kappa shape index (κ2) is 4.24. The first-order chi connectivity index (χ1) is 6.93. The van der Waals surface area contributed by atoms with Gasteiger partial charge in [-0.15, -0.1) is 0 Å². The molecule has 0 radical (unpaired) electrons. The van der Waals surface area contributed by atoms with Crippen LogP contribution in [0.5, 0.6) is 0 Å². The van der Waals surface area contributed by atoms with Crippen molar-refractivity contribution in [3.8, 4) is 0 Å². The van der Waals surface area contributed by atoms with E-state index in [2.05, 4.69) is 4.98 Å². The van der Waals surface area contributed by atoms with Crippen molar-refractivity contribution in [1.29, 1.82) is 0 Å². The van der Waals surface area contributed by atoms with Gasteiger partial charge in [0.15, 0.2) is 6.10 Å². The van der Waals surface area contributed by atoms with Crippen molar-refractivity contribution >= 4 is 11.6 Å². The van der Waals surface area contributed by atoms with Gasteiger partial charge in [0.05, 0.1) is 17.1 Å². The van der Waals surface area contributed by atoms with Gasteiger partial charge in [0.2, 0.25) is 5.91 Å². The molecule has 1 rings (SSSR count). The predicted octanol–water partition coefficient (Wildman–Crippen LogP) is -1.15. The lowest BCUT2D eigenvalue weighted by Gasteiger charge is -2.14. The number of aliphatic hydroxyl groups is 2. The van der Waals surface area contributed by atoms with Crippen LogP contribution in [0.2, 0.25) is 0 Å². The van der Waals surface area contributed by atoms with Crippen LogP contribution in [0.15, 0.2) is 12.1 Å². The van der Waals surface area contributed by atoms with Gasteiger partial charge in [-0.05, 0) is 19.1 Å². The summed E-state index contributed by atoms with van der Waals surface area (Å²) in [6.45, 7) is 1.65. The van der Waals surface area contributed by atoms with E-state index in [9.17, 15) is 15.0 Å². The second-order valence-corrected chi connectivity index (χ2v) is 3.20. The van der Waals surface area contributed by atoms with Gasteiger partial charge in [-0.2, -0.15) is 0 Å². The summed E-state index contributed by atoms with van der Waals surface area (Å²) >= 11 is 0. The number of aromatic nitrogens is 1. The molecule has 0 saturated carbocycles. The summed E-state index contributed by atoms with van der Waals surface area (Å²) in [6.07, 6.45) is -3.10. The number of nitrogens with two attached hydrogens (primary N) is 2. The molecule has 0 aliphatic carbocycles. The van der Waals surface area contributed by atoms with E-state index in [0.717, 1.165) is 0 Å². The zero-order valence-corrected chi connectivity index (χ0v) is 8.21. The van der Waals surface area contributed by atoms with Crippen molar-refractivity contribution in [2.75, 3.05) is 5.73 Å². The number of hydrogen-bond acceptors (Lipinski definition) is 5. The largest absolute Gasteiger partial charge is 0.397 e. The van der Waals surface area contributed by atoms with Crippen molar-refractivity contribution in [3.63, 3.8) is 0 Å². The molecule has 0 aliphatic heterocycles. The topological polar surface area (TPSA) is 122 Å². The minimum atomic E-state index is -1.67. The predicted molar refractivity (Wildman–Crippen MR) is 53.5 cm³/mol. The van der Waals surface area contributed by atoms with Crippen molar-refractivity contribution in [2.24, 2.45) is 5.73 Å². The van der Waals surface area contributed by atoms with Gasteiger partial charge >= 0.3 is 0 Å². The highest BCUT2D eigenvalue weighted by molar-refractivity contribution is 5.79. The van der Waals surface area contributed by atoms with Gasteiger partial charge in [0.1, 0.15) is 6.10 Å². The van der Waals surface area contributed by atoms with Crippen molar-refractivity contribution < 1.29 is 15.0 Å². The average molecular weight is 211 g/mol. The number of pyridine rings is 1. The zero-order valence-electron chi connectivity index (χ0n) is 8.21. The maximum absolute atomic E-state index is 10.6. The first-order valence-electron chi connectivity index (χ1n) is 4.32. The molecule has 0 aromatic carbocycles. The lowest BCUT2D eigenvalue weighted by Crippen LogP contribution is -2.34. The van der Waals surface area contributed by atoms with Gasteiger partial charge < -0.3 is 21.7 Å². The molecule has 1 aromatic rings. The number of rotatable bonds is 3. The fourth-order valence-corrected chi connectivity index (χ4v) is 1.07. The lowest BCUT2D eigenvalue weighted by molar-refractivity contribution is -0.132. The first-order valence-corrected chi connectivity index (χ1v) is 4.32. The minimum Gasteiger partial charge on any atom is -0.397 e. The number of aliphatic hydroxyl groups excluding tert-OH is 2. The number of aryl methyl sites for hydroxylation is 1. The summed E-state index contributed by atoms with van der Waals surface area (Å²) in [5.74, 6) is -1.00. The van der Waals surface area contributed by atoms with Crippen LogP contribution in [-0.2, 0) is 4.79 Å². The van der Waals surface area contributed by atoms with Crippen LogP contribution < -0.4 is 11.5 Å². The van der Waals surface area contributed by atoms with E-state index in [1.807, 2.05) is 0 Å². The fourth-order valence-electron chi connectivity index (χ4n) is 1.07. The maximum Gasteiger partial charge on any atom is 0.249 e. The first kappa shape index (κ1) is 11.4. The SMILES string of the molecule is Cc1nc(C(O)C(O)C(N)=O)ccc1N. The van der Waals surface area contributed by atoms with Crippen molar-refractivity contribution in [1.82, 2.24) is 4.98 Å². The Morgan fingerprint density at radius 3 is 2.53 bits per heavy atom. The highest BCUT2D eigenvalue weighted by Crippen LogP contribution is 2.17. The van der Waals surface area contributed by atoms with E-state index in [1.54, 1.807) is 6.92 Å². The summed E-state index contributed by atoms with van der Waals surface area (Å²) in [4.78, 5) is 14.6. The summed E-state index contributed by atoms with van der Waals surface area (Å²) in [7, 11) is 0. The van der Waals surface area contributed by atoms with Crippen LogP contribution in [0.3, 0.4) is 0 Å². The maximum atomic E-state index is 10.6. The van der Waals surface area contributed by atoms with Gasteiger partial charge in [0.25, 0.3) is 0 Å². The average Bonchev–Trinajstić information content (AvgIpc) is 2.19. The van der Waals surface area contributed by atoms with E-state index in [-0.39, 0.29) is 5.69 Å². The summed E-state index contributed by atoms with van der Waals surface area (Å²) < 4.78 is 0. The number of anilines is 1. The van der Waals surface area contributed by atoms with Crippen LogP contribution in [0.1, 0.15) is 17.5 Å². The van der Waals surface area contributed by atoms with Crippen LogP contribution in [-0.4, -0.2) is 27.2 Å². The van der Waals surface area contributed by atoms with E-state index in [4.69, 9.17) is 11.5 Å². The Hall–Kier alpha value is -1.66. The number of hydrogen-bond donors (Lipinski definition) is 4. The third-order valence-electron chi connectivity index (χ3n) is 2.04. The monoisotopic (exact) mass is 211 g/mol. The molecule has 1 amide bonds. The number of carbonyl (C=O) groups excluding carboxylic acids is 1.